The smallest absolute Gasteiger partial charge is 0.306 e. The van der Waals surface area contributed by atoms with Gasteiger partial charge in [0.05, 0.1) is 0 Å². The molecule has 3 aliphatic rings. The Hall–Kier alpha value is -1.32. The predicted octanol–water partition coefficient (Wildman–Crippen LogP) is 2.04. The standard InChI is InChI=1S/C13H18O4/c1-8(14)16-13(17-9(2)15)6-5-10-7-11(13)12(10,3)4/h5-6,10-11H,7H2,1-4H3/t10-,11+/m0/s1. The normalized spacial score (nSPS) is 31.3. The maximum absolute atomic E-state index is 11.2. The fourth-order valence-corrected chi connectivity index (χ4v) is 3.02. The molecule has 1 fully saturated rings. The molecule has 0 spiro atoms. The van der Waals surface area contributed by atoms with Crippen LogP contribution in [0.3, 0.4) is 0 Å². The zero-order valence-electron chi connectivity index (χ0n) is 10.6. The Labute approximate surface area is 101 Å². The van der Waals surface area contributed by atoms with Crippen LogP contribution >= 0.6 is 0 Å². The van der Waals surface area contributed by atoms with Gasteiger partial charge in [-0.2, -0.15) is 0 Å². The highest BCUT2D eigenvalue weighted by Crippen LogP contribution is 2.61. The average Bonchev–Trinajstić information content (AvgIpc) is 2.14. The van der Waals surface area contributed by atoms with Crippen molar-refractivity contribution in [3.05, 3.63) is 12.2 Å². The first-order valence-corrected chi connectivity index (χ1v) is 5.86. The third-order valence-electron chi connectivity index (χ3n) is 4.00. The molecule has 0 radical (unpaired) electrons. The summed E-state index contributed by atoms with van der Waals surface area (Å²) in [5.41, 5.74) is -0.000347. The van der Waals surface area contributed by atoms with Gasteiger partial charge in [0.1, 0.15) is 0 Å². The number of ether oxygens (including phenoxy) is 2. The van der Waals surface area contributed by atoms with E-state index >= 15 is 0 Å². The van der Waals surface area contributed by atoms with Gasteiger partial charge in [-0.15, -0.1) is 0 Å². The van der Waals surface area contributed by atoms with Crippen LogP contribution in [0.5, 0.6) is 0 Å². The predicted molar refractivity (Wildman–Crippen MR) is 60.8 cm³/mol. The molecule has 0 unspecified atom stereocenters. The van der Waals surface area contributed by atoms with Crippen LogP contribution in [0.2, 0.25) is 0 Å². The van der Waals surface area contributed by atoms with E-state index < -0.39 is 17.7 Å². The summed E-state index contributed by atoms with van der Waals surface area (Å²) in [5.74, 6) is -1.55. The monoisotopic (exact) mass is 238 g/mol. The SMILES string of the molecule is CC(=O)OC1(OC(C)=O)C=C[C@H]2C[C@@H]1C2(C)C. The van der Waals surface area contributed by atoms with E-state index in [0.29, 0.717) is 5.92 Å². The van der Waals surface area contributed by atoms with E-state index in [1.807, 2.05) is 6.08 Å². The lowest BCUT2D eigenvalue weighted by Gasteiger charge is -2.59. The van der Waals surface area contributed by atoms with Crippen LogP contribution in [0.1, 0.15) is 34.1 Å². The van der Waals surface area contributed by atoms with Gasteiger partial charge in [-0.3, -0.25) is 9.59 Å². The van der Waals surface area contributed by atoms with Crippen LogP contribution in [0.15, 0.2) is 12.2 Å². The zero-order valence-corrected chi connectivity index (χ0v) is 10.6. The average molecular weight is 238 g/mol. The van der Waals surface area contributed by atoms with Gasteiger partial charge in [0.15, 0.2) is 0 Å². The molecule has 0 amide bonds. The summed E-state index contributed by atoms with van der Waals surface area (Å²) in [5, 5.41) is 0. The molecule has 0 heterocycles. The summed E-state index contributed by atoms with van der Waals surface area (Å²) in [4.78, 5) is 22.5. The number of esters is 2. The topological polar surface area (TPSA) is 52.6 Å². The zero-order chi connectivity index (χ0) is 12.8. The molecular formula is C13H18O4. The first-order valence-electron chi connectivity index (χ1n) is 5.86. The number of hydrogen-bond donors (Lipinski definition) is 0. The molecule has 0 saturated heterocycles. The van der Waals surface area contributed by atoms with Crippen LogP contribution in [0.25, 0.3) is 0 Å². The highest BCUT2D eigenvalue weighted by molar-refractivity contribution is 5.69. The van der Waals surface area contributed by atoms with Crippen molar-refractivity contribution in [2.45, 2.75) is 39.9 Å². The van der Waals surface area contributed by atoms with Crippen LogP contribution in [0, 0.1) is 17.3 Å². The van der Waals surface area contributed by atoms with E-state index in [9.17, 15) is 9.59 Å². The maximum Gasteiger partial charge on any atom is 0.306 e. The second kappa shape index (κ2) is 3.59. The van der Waals surface area contributed by atoms with Crippen molar-refractivity contribution < 1.29 is 19.1 Å². The minimum Gasteiger partial charge on any atom is -0.418 e. The summed E-state index contributed by atoms with van der Waals surface area (Å²) in [6, 6.07) is 0. The number of rotatable bonds is 2. The number of carbonyl (C=O) groups is 2. The Morgan fingerprint density at radius 1 is 1.18 bits per heavy atom. The summed E-state index contributed by atoms with van der Waals surface area (Å²) in [7, 11) is 0. The lowest BCUT2D eigenvalue weighted by Crippen LogP contribution is -2.61. The van der Waals surface area contributed by atoms with Gasteiger partial charge in [-0.1, -0.05) is 19.9 Å². The molecule has 0 aromatic carbocycles. The van der Waals surface area contributed by atoms with Gasteiger partial charge in [0, 0.05) is 19.8 Å². The fourth-order valence-electron chi connectivity index (χ4n) is 3.02. The van der Waals surface area contributed by atoms with Crippen LogP contribution < -0.4 is 0 Å². The highest BCUT2D eigenvalue weighted by atomic mass is 16.7. The Morgan fingerprint density at radius 2 is 1.71 bits per heavy atom. The lowest BCUT2D eigenvalue weighted by atomic mass is 9.49. The van der Waals surface area contributed by atoms with Crippen LogP contribution in [-0.2, 0) is 19.1 Å². The van der Waals surface area contributed by atoms with E-state index in [-0.39, 0.29) is 11.3 Å². The van der Waals surface area contributed by atoms with Gasteiger partial charge in [-0.25, -0.2) is 0 Å². The second-order valence-corrected chi connectivity index (χ2v) is 5.48. The van der Waals surface area contributed by atoms with Crippen molar-refractivity contribution in [2.75, 3.05) is 0 Å². The largest absolute Gasteiger partial charge is 0.418 e. The Balaban J connectivity index is 2.34. The number of carbonyl (C=O) groups excluding carboxylic acids is 2. The Kier molecular flexibility index (Phi) is 2.56. The number of fused-ring (bicyclic) bond motifs is 1. The lowest BCUT2D eigenvalue weighted by molar-refractivity contribution is -0.267. The van der Waals surface area contributed by atoms with E-state index in [2.05, 4.69) is 13.8 Å². The summed E-state index contributed by atoms with van der Waals surface area (Å²) in [6.45, 7) is 6.88. The van der Waals surface area contributed by atoms with Gasteiger partial charge in [0.25, 0.3) is 5.79 Å². The van der Waals surface area contributed by atoms with E-state index in [4.69, 9.17) is 9.47 Å². The fraction of sp³-hybridized carbons (Fsp3) is 0.692. The minimum atomic E-state index is -1.20. The molecule has 2 bridgehead atoms. The first-order chi connectivity index (χ1) is 7.78. The van der Waals surface area contributed by atoms with Crippen LogP contribution in [-0.4, -0.2) is 17.7 Å². The van der Waals surface area contributed by atoms with Crippen molar-refractivity contribution in [3.63, 3.8) is 0 Å². The summed E-state index contributed by atoms with van der Waals surface area (Å²) < 4.78 is 10.6. The maximum atomic E-state index is 11.2. The molecule has 4 nitrogen and oxygen atoms in total. The third-order valence-corrected chi connectivity index (χ3v) is 4.00. The highest BCUT2D eigenvalue weighted by Gasteiger charge is 2.62. The summed E-state index contributed by atoms with van der Waals surface area (Å²) >= 11 is 0. The molecule has 0 aromatic heterocycles. The first kappa shape index (κ1) is 12.1. The van der Waals surface area contributed by atoms with E-state index in [1.54, 1.807) is 6.08 Å². The van der Waals surface area contributed by atoms with Crippen molar-refractivity contribution in [3.8, 4) is 0 Å². The molecule has 3 aliphatic carbocycles. The van der Waals surface area contributed by atoms with Gasteiger partial charge >= 0.3 is 11.9 Å². The molecule has 3 rings (SSSR count). The Bertz CT molecular complexity index is 378. The van der Waals surface area contributed by atoms with Crippen molar-refractivity contribution in [2.24, 2.45) is 17.3 Å². The van der Waals surface area contributed by atoms with E-state index in [0.717, 1.165) is 6.42 Å². The number of hydrogen-bond acceptors (Lipinski definition) is 4. The van der Waals surface area contributed by atoms with Crippen LogP contribution in [0.4, 0.5) is 0 Å². The van der Waals surface area contributed by atoms with Gasteiger partial charge < -0.3 is 9.47 Å². The molecule has 1 saturated carbocycles. The molecule has 2 atom stereocenters. The van der Waals surface area contributed by atoms with Gasteiger partial charge in [0.2, 0.25) is 0 Å². The summed E-state index contributed by atoms with van der Waals surface area (Å²) in [6.07, 6.45) is 4.61. The van der Waals surface area contributed by atoms with Crippen molar-refractivity contribution in [1.82, 2.24) is 0 Å². The van der Waals surface area contributed by atoms with E-state index in [1.165, 1.54) is 13.8 Å². The molecular weight excluding hydrogens is 220 g/mol. The quantitative estimate of drug-likeness (QED) is 0.419. The Morgan fingerprint density at radius 3 is 2.06 bits per heavy atom. The minimum absolute atomic E-state index is 0.000347. The molecule has 17 heavy (non-hydrogen) atoms. The molecule has 0 aliphatic heterocycles. The second-order valence-electron chi connectivity index (χ2n) is 5.48. The number of allylic oxidation sites excluding steroid dienone is 1. The molecule has 94 valence electrons. The third kappa shape index (κ3) is 1.75. The van der Waals surface area contributed by atoms with Crippen molar-refractivity contribution >= 4 is 11.9 Å². The van der Waals surface area contributed by atoms with Crippen molar-refractivity contribution in [1.29, 1.82) is 0 Å². The molecule has 0 aromatic rings. The molecule has 4 heteroatoms. The molecule has 0 N–H and O–H groups in total. The van der Waals surface area contributed by atoms with Gasteiger partial charge in [-0.05, 0) is 23.8 Å².